The topological polar surface area (TPSA) is 72.2 Å². The molecule has 1 heterocycles. The van der Waals surface area contributed by atoms with Gasteiger partial charge in [-0.25, -0.2) is 0 Å². The molecule has 0 aromatic heterocycles. The van der Waals surface area contributed by atoms with Crippen LogP contribution >= 0.6 is 11.8 Å². The third-order valence-electron chi connectivity index (χ3n) is 6.05. The second-order valence-electron chi connectivity index (χ2n) is 7.41. The maximum Gasteiger partial charge on any atom is 0.247 e. The van der Waals surface area contributed by atoms with Crippen LogP contribution in [0.25, 0.3) is 0 Å². The first kappa shape index (κ1) is 16.7. The van der Waals surface area contributed by atoms with Gasteiger partial charge in [0.25, 0.3) is 0 Å². The van der Waals surface area contributed by atoms with Gasteiger partial charge in [-0.05, 0) is 31.2 Å². The lowest BCUT2D eigenvalue weighted by Crippen LogP contribution is -2.42. The fourth-order valence-electron chi connectivity index (χ4n) is 4.78. The predicted octanol–water partition coefficient (Wildman–Crippen LogP) is 3.23. The van der Waals surface area contributed by atoms with Gasteiger partial charge in [-0.1, -0.05) is 49.6 Å². The summed E-state index contributed by atoms with van der Waals surface area (Å²) >= 11 is 1.65. The molecule has 2 atom stereocenters. The molecule has 0 saturated heterocycles. The summed E-state index contributed by atoms with van der Waals surface area (Å²) in [5, 5.41) is 4.24. The van der Waals surface area contributed by atoms with E-state index in [-0.39, 0.29) is 17.7 Å². The van der Waals surface area contributed by atoms with Crippen LogP contribution in [0.15, 0.2) is 40.9 Å². The number of benzene rings is 1. The van der Waals surface area contributed by atoms with Crippen molar-refractivity contribution in [1.82, 2.24) is 5.32 Å². The highest BCUT2D eigenvalue weighted by Gasteiger charge is 2.46. The summed E-state index contributed by atoms with van der Waals surface area (Å²) in [5.74, 6) is -0.135. The van der Waals surface area contributed by atoms with Crippen molar-refractivity contribution in [2.75, 3.05) is 0 Å². The number of fused-ring (bicyclic) bond motifs is 1. The standard InChI is InChI=1S/C20H24N2O2S/c21-17(23)16-14-9-6-10-15(14)25-18(16)22-19(24)20(11-4-5-12-20)13-7-2-1-3-8-13/h1-3,7-8,14-15H,4-6,9-12H2,(H2,21,23)(H,22,24)/t14-,15-/m1/s1. The van der Waals surface area contributed by atoms with Crippen LogP contribution in [0.4, 0.5) is 0 Å². The van der Waals surface area contributed by atoms with E-state index in [9.17, 15) is 9.59 Å². The first-order valence-electron chi connectivity index (χ1n) is 9.19. The van der Waals surface area contributed by atoms with Crippen LogP contribution in [0.5, 0.6) is 0 Å². The number of hydrogen-bond acceptors (Lipinski definition) is 3. The highest BCUT2D eigenvalue weighted by atomic mass is 32.2. The van der Waals surface area contributed by atoms with Crippen molar-refractivity contribution in [3.8, 4) is 0 Å². The SMILES string of the molecule is NC(=O)C1=C(NC(=O)C2(c3ccccc3)CCCC2)S[C@@H]2CCC[C@@H]12. The first-order chi connectivity index (χ1) is 12.1. The molecular weight excluding hydrogens is 332 g/mol. The monoisotopic (exact) mass is 356 g/mol. The average molecular weight is 356 g/mol. The summed E-state index contributed by atoms with van der Waals surface area (Å²) in [4.78, 5) is 25.3. The number of carbonyl (C=O) groups is 2. The fourth-order valence-corrected chi connectivity index (χ4v) is 6.33. The van der Waals surface area contributed by atoms with Crippen LogP contribution in [0, 0.1) is 5.92 Å². The van der Waals surface area contributed by atoms with E-state index in [1.165, 1.54) is 0 Å². The largest absolute Gasteiger partial charge is 0.366 e. The van der Waals surface area contributed by atoms with E-state index in [0.29, 0.717) is 10.8 Å². The third-order valence-corrected chi connectivity index (χ3v) is 7.47. The summed E-state index contributed by atoms with van der Waals surface area (Å²) in [7, 11) is 0. The average Bonchev–Trinajstić information content (AvgIpc) is 3.31. The van der Waals surface area contributed by atoms with E-state index in [1.807, 2.05) is 30.3 Å². The lowest BCUT2D eigenvalue weighted by Gasteiger charge is -2.28. The Morgan fingerprint density at radius 3 is 2.48 bits per heavy atom. The van der Waals surface area contributed by atoms with Crippen LogP contribution in [-0.4, -0.2) is 17.1 Å². The van der Waals surface area contributed by atoms with Crippen LogP contribution in [0.1, 0.15) is 50.5 Å². The molecule has 0 unspecified atom stereocenters. The molecule has 3 N–H and O–H groups in total. The minimum atomic E-state index is -0.477. The van der Waals surface area contributed by atoms with E-state index in [4.69, 9.17) is 5.73 Å². The number of hydrogen-bond donors (Lipinski definition) is 2. The Hall–Kier alpha value is -1.75. The number of carbonyl (C=O) groups excluding carboxylic acids is 2. The minimum absolute atomic E-state index is 0.0254. The summed E-state index contributed by atoms with van der Waals surface area (Å²) in [6.45, 7) is 0. The Kier molecular flexibility index (Phi) is 4.36. The van der Waals surface area contributed by atoms with Gasteiger partial charge in [0.15, 0.2) is 0 Å². The summed E-state index contributed by atoms with van der Waals surface area (Å²) in [6, 6.07) is 10.1. The molecule has 25 heavy (non-hydrogen) atoms. The van der Waals surface area contributed by atoms with Crippen molar-refractivity contribution in [3.63, 3.8) is 0 Å². The van der Waals surface area contributed by atoms with Gasteiger partial charge in [0.2, 0.25) is 11.8 Å². The molecule has 132 valence electrons. The smallest absolute Gasteiger partial charge is 0.247 e. The van der Waals surface area contributed by atoms with E-state index in [2.05, 4.69) is 5.32 Å². The maximum absolute atomic E-state index is 13.3. The second kappa shape index (κ2) is 6.52. The molecule has 2 amide bonds. The van der Waals surface area contributed by atoms with Gasteiger partial charge in [0.05, 0.1) is 16.0 Å². The first-order valence-corrected chi connectivity index (χ1v) is 10.1. The van der Waals surface area contributed by atoms with Gasteiger partial charge in [-0.2, -0.15) is 0 Å². The number of amides is 2. The van der Waals surface area contributed by atoms with Crippen molar-refractivity contribution in [2.45, 2.75) is 55.6 Å². The van der Waals surface area contributed by atoms with E-state index in [0.717, 1.165) is 55.5 Å². The minimum Gasteiger partial charge on any atom is -0.366 e. The normalized spacial score (nSPS) is 27.4. The van der Waals surface area contributed by atoms with E-state index < -0.39 is 5.41 Å². The second-order valence-corrected chi connectivity index (χ2v) is 8.66. The molecule has 3 aliphatic rings. The van der Waals surface area contributed by atoms with Crippen LogP contribution < -0.4 is 11.1 Å². The molecule has 1 aliphatic heterocycles. The summed E-state index contributed by atoms with van der Waals surface area (Å²) in [6.07, 6.45) is 7.06. The highest BCUT2D eigenvalue weighted by molar-refractivity contribution is 8.04. The number of nitrogens with one attached hydrogen (secondary N) is 1. The quantitative estimate of drug-likeness (QED) is 0.870. The third kappa shape index (κ3) is 2.78. The predicted molar refractivity (Wildman–Crippen MR) is 99.7 cm³/mol. The van der Waals surface area contributed by atoms with Crippen LogP contribution in [0.3, 0.4) is 0 Å². The number of primary amides is 1. The molecule has 0 bridgehead atoms. The molecule has 5 heteroatoms. The Labute approximate surface area is 152 Å². The fraction of sp³-hybridized carbons (Fsp3) is 0.500. The molecule has 2 fully saturated rings. The lowest BCUT2D eigenvalue weighted by molar-refractivity contribution is -0.125. The van der Waals surface area contributed by atoms with Crippen molar-refractivity contribution in [2.24, 2.45) is 11.7 Å². The van der Waals surface area contributed by atoms with Crippen LogP contribution in [-0.2, 0) is 15.0 Å². The van der Waals surface area contributed by atoms with Gasteiger partial charge < -0.3 is 11.1 Å². The molecule has 2 aliphatic carbocycles. The zero-order chi connectivity index (χ0) is 17.4. The molecule has 2 saturated carbocycles. The molecule has 4 rings (SSSR count). The Morgan fingerprint density at radius 2 is 1.80 bits per heavy atom. The highest BCUT2D eigenvalue weighted by Crippen LogP contribution is 2.50. The van der Waals surface area contributed by atoms with Crippen LogP contribution in [0.2, 0.25) is 0 Å². The number of thioether (sulfide) groups is 1. The Morgan fingerprint density at radius 1 is 1.08 bits per heavy atom. The van der Waals surface area contributed by atoms with Gasteiger partial charge in [0.1, 0.15) is 0 Å². The van der Waals surface area contributed by atoms with Crippen molar-refractivity contribution >= 4 is 23.6 Å². The number of rotatable bonds is 4. The van der Waals surface area contributed by atoms with Gasteiger partial charge in [-0.15, -0.1) is 11.8 Å². The Balaban J connectivity index is 1.64. The summed E-state index contributed by atoms with van der Waals surface area (Å²) in [5.41, 5.74) is 6.91. The molecule has 0 radical (unpaired) electrons. The van der Waals surface area contributed by atoms with Gasteiger partial charge >= 0.3 is 0 Å². The van der Waals surface area contributed by atoms with Crippen molar-refractivity contribution < 1.29 is 9.59 Å². The number of nitrogens with two attached hydrogens (primary N) is 1. The maximum atomic E-state index is 13.3. The van der Waals surface area contributed by atoms with E-state index in [1.54, 1.807) is 11.8 Å². The molecule has 1 aromatic rings. The van der Waals surface area contributed by atoms with Gasteiger partial charge in [-0.3, -0.25) is 9.59 Å². The lowest BCUT2D eigenvalue weighted by atomic mass is 9.78. The zero-order valence-corrected chi connectivity index (χ0v) is 15.1. The zero-order valence-electron chi connectivity index (χ0n) is 14.3. The summed E-state index contributed by atoms with van der Waals surface area (Å²) < 4.78 is 0. The molecule has 1 aromatic carbocycles. The van der Waals surface area contributed by atoms with Crippen molar-refractivity contribution in [3.05, 3.63) is 46.5 Å². The Bertz CT molecular complexity index is 722. The van der Waals surface area contributed by atoms with Gasteiger partial charge in [0, 0.05) is 11.2 Å². The molecule has 0 spiro atoms. The molecule has 4 nitrogen and oxygen atoms in total. The van der Waals surface area contributed by atoms with E-state index >= 15 is 0 Å². The van der Waals surface area contributed by atoms with Crippen molar-refractivity contribution in [1.29, 1.82) is 0 Å². The molecular formula is C20H24N2O2S.